The Balaban J connectivity index is 2.15. The molecule has 1 aliphatic rings. The second kappa shape index (κ2) is 4.86. The second-order valence-electron chi connectivity index (χ2n) is 4.91. The normalized spacial score (nSPS) is 32.4. The molecule has 2 nitrogen and oxygen atoms in total. The molecule has 1 rings (SSSR count). The molecule has 3 atom stereocenters. The highest BCUT2D eigenvalue weighted by molar-refractivity contribution is 7.99. The fourth-order valence-electron chi connectivity index (χ4n) is 1.83. The molecule has 84 valence electrons. The second-order valence-corrected chi connectivity index (χ2v) is 6.19. The minimum atomic E-state index is -0.113. The molecule has 0 amide bonds. The van der Waals surface area contributed by atoms with Gasteiger partial charge in [-0.15, -0.1) is 0 Å². The zero-order valence-corrected chi connectivity index (χ0v) is 10.5. The number of aliphatic hydroxyl groups is 1. The van der Waals surface area contributed by atoms with Gasteiger partial charge in [0.2, 0.25) is 0 Å². The molecule has 1 saturated carbocycles. The van der Waals surface area contributed by atoms with Crippen LogP contribution in [0.3, 0.4) is 0 Å². The van der Waals surface area contributed by atoms with Crippen LogP contribution in [-0.4, -0.2) is 35.3 Å². The Morgan fingerprint density at radius 2 is 2.21 bits per heavy atom. The number of hydrogen-bond donors (Lipinski definition) is 2. The van der Waals surface area contributed by atoms with E-state index in [1.807, 2.05) is 11.8 Å². The molecule has 0 saturated heterocycles. The molecule has 0 aromatic rings. The van der Waals surface area contributed by atoms with Crippen molar-refractivity contribution < 1.29 is 5.11 Å². The molecule has 1 fully saturated rings. The molecule has 0 aliphatic heterocycles. The zero-order chi connectivity index (χ0) is 10.8. The summed E-state index contributed by atoms with van der Waals surface area (Å²) in [5, 5.41) is 13.8. The third-order valence-corrected chi connectivity index (χ3v) is 4.60. The highest BCUT2D eigenvalue weighted by Gasteiger charge is 2.46. The lowest BCUT2D eigenvalue weighted by Crippen LogP contribution is -2.60. The quantitative estimate of drug-likeness (QED) is 0.737. The molecule has 14 heavy (non-hydrogen) atoms. The van der Waals surface area contributed by atoms with Gasteiger partial charge >= 0.3 is 0 Å². The lowest BCUT2D eigenvalue weighted by Gasteiger charge is -2.49. The van der Waals surface area contributed by atoms with Crippen molar-refractivity contribution in [2.45, 2.75) is 51.0 Å². The van der Waals surface area contributed by atoms with Crippen LogP contribution < -0.4 is 5.32 Å². The first-order chi connectivity index (χ1) is 6.48. The Morgan fingerprint density at radius 3 is 2.64 bits per heavy atom. The van der Waals surface area contributed by atoms with Crippen LogP contribution in [0.25, 0.3) is 0 Å². The standard InChI is InChI=1S/C11H23NOS/c1-8(14-4)5-6-12-9-7-10(13)11(9,2)3/h8-10,12-13H,5-7H2,1-4H3. The van der Waals surface area contributed by atoms with Gasteiger partial charge in [0.15, 0.2) is 0 Å². The number of thioether (sulfide) groups is 1. The predicted molar refractivity (Wildman–Crippen MR) is 63.8 cm³/mol. The van der Waals surface area contributed by atoms with Crippen LogP contribution in [0.1, 0.15) is 33.6 Å². The largest absolute Gasteiger partial charge is 0.392 e. The van der Waals surface area contributed by atoms with Crippen LogP contribution in [-0.2, 0) is 0 Å². The van der Waals surface area contributed by atoms with E-state index in [9.17, 15) is 5.11 Å². The molecule has 1 aliphatic carbocycles. The molecule has 2 N–H and O–H groups in total. The van der Waals surface area contributed by atoms with Gasteiger partial charge in [-0.1, -0.05) is 20.8 Å². The summed E-state index contributed by atoms with van der Waals surface area (Å²) < 4.78 is 0. The summed E-state index contributed by atoms with van der Waals surface area (Å²) in [6, 6.07) is 0.506. The van der Waals surface area contributed by atoms with Crippen LogP contribution in [0.5, 0.6) is 0 Å². The first-order valence-electron chi connectivity index (χ1n) is 5.42. The monoisotopic (exact) mass is 217 g/mol. The minimum Gasteiger partial charge on any atom is -0.392 e. The highest BCUT2D eigenvalue weighted by atomic mass is 32.2. The minimum absolute atomic E-state index is 0.0720. The van der Waals surface area contributed by atoms with Crippen LogP contribution in [0.4, 0.5) is 0 Å². The van der Waals surface area contributed by atoms with Crippen LogP contribution in [0.2, 0.25) is 0 Å². The molecular formula is C11H23NOS. The van der Waals surface area contributed by atoms with Crippen LogP contribution in [0.15, 0.2) is 0 Å². The molecule has 0 heterocycles. The summed E-state index contributed by atoms with van der Waals surface area (Å²) in [5.41, 5.74) is 0.0720. The van der Waals surface area contributed by atoms with Crippen molar-refractivity contribution in [3.63, 3.8) is 0 Å². The Labute approximate surface area is 91.9 Å². The number of nitrogens with one attached hydrogen (secondary N) is 1. The maximum Gasteiger partial charge on any atom is 0.0621 e. The zero-order valence-electron chi connectivity index (χ0n) is 9.71. The third-order valence-electron chi connectivity index (χ3n) is 3.56. The van der Waals surface area contributed by atoms with Crippen molar-refractivity contribution in [2.75, 3.05) is 12.8 Å². The van der Waals surface area contributed by atoms with Crippen molar-refractivity contribution in [1.82, 2.24) is 5.32 Å². The van der Waals surface area contributed by atoms with E-state index in [2.05, 4.69) is 32.3 Å². The van der Waals surface area contributed by atoms with Crippen LogP contribution >= 0.6 is 11.8 Å². The van der Waals surface area contributed by atoms with Crippen molar-refractivity contribution in [1.29, 1.82) is 0 Å². The van der Waals surface area contributed by atoms with E-state index >= 15 is 0 Å². The van der Waals surface area contributed by atoms with Gasteiger partial charge in [-0.2, -0.15) is 11.8 Å². The van der Waals surface area contributed by atoms with E-state index < -0.39 is 0 Å². The fourth-order valence-corrected chi connectivity index (χ4v) is 2.18. The number of hydrogen-bond acceptors (Lipinski definition) is 3. The number of rotatable bonds is 5. The van der Waals surface area contributed by atoms with Gasteiger partial charge in [-0.25, -0.2) is 0 Å². The molecule has 3 unspecified atom stereocenters. The maximum absolute atomic E-state index is 9.56. The average Bonchev–Trinajstić information content (AvgIpc) is 2.16. The SMILES string of the molecule is CSC(C)CCNC1CC(O)C1(C)C. The summed E-state index contributed by atoms with van der Waals surface area (Å²) in [6.07, 6.45) is 4.17. The van der Waals surface area contributed by atoms with E-state index in [0.29, 0.717) is 6.04 Å². The lowest BCUT2D eigenvalue weighted by atomic mass is 9.64. The molecule has 3 heteroatoms. The van der Waals surface area contributed by atoms with Gasteiger partial charge in [0, 0.05) is 16.7 Å². The summed E-state index contributed by atoms with van der Waals surface area (Å²) in [5.74, 6) is 0. The highest BCUT2D eigenvalue weighted by Crippen LogP contribution is 2.40. The average molecular weight is 217 g/mol. The van der Waals surface area contributed by atoms with Gasteiger partial charge in [0.1, 0.15) is 0 Å². The number of aliphatic hydroxyl groups excluding tert-OH is 1. The molecule has 0 bridgehead atoms. The summed E-state index contributed by atoms with van der Waals surface area (Å²) in [4.78, 5) is 0. The maximum atomic E-state index is 9.56. The van der Waals surface area contributed by atoms with E-state index in [1.54, 1.807) is 0 Å². The molecule has 0 spiro atoms. The van der Waals surface area contributed by atoms with E-state index in [1.165, 1.54) is 6.42 Å². The lowest BCUT2D eigenvalue weighted by molar-refractivity contribution is -0.0722. The van der Waals surface area contributed by atoms with Gasteiger partial charge in [-0.05, 0) is 25.6 Å². The Morgan fingerprint density at radius 1 is 1.57 bits per heavy atom. The molecule has 0 aromatic heterocycles. The van der Waals surface area contributed by atoms with E-state index in [-0.39, 0.29) is 11.5 Å². The van der Waals surface area contributed by atoms with E-state index in [0.717, 1.165) is 18.2 Å². The topological polar surface area (TPSA) is 32.3 Å². The summed E-state index contributed by atoms with van der Waals surface area (Å²) >= 11 is 1.91. The van der Waals surface area contributed by atoms with Crippen molar-refractivity contribution >= 4 is 11.8 Å². The Bertz CT molecular complexity index is 184. The summed E-state index contributed by atoms with van der Waals surface area (Å²) in [7, 11) is 0. The van der Waals surface area contributed by atoms with Gasteiger partial charge in [0.25, 0.3) is 0 Å². The molecule has 0 aromatic carbocycles. The van der Waals surface area contributed by atoms with Crippen molar-refractivity contribution in [3.8, 4) is 0 Å². The predicted octanol–water partition coefficient (Wildman–Crippen LogP) is 1.88. The smallest absolute Gasteiger partial charge is 0.0621 e. The van der Waals surface area contributed by atoms with Crippen LogP contribution in [0, 0.1) is 5.41 Å². The molecular weight excluding hydrogens is 194 g/mol. The van der Waals surface area contributed by atoms with Gasteiger partial charge in [0.05, 0.1) is 6.10 Å². The Kier molecular flexibility index (Phi) is 4.29. The van der Waals surface area contributed by atoms with Crippen molar-refractivity contribution in [2.24, 2.45) is 5.41 Å². The first kappa shape index (κ1) is 12.3. The molecule has 0 radical (unpaired) electrons. The third kappa shape index (κ3) is 2.65. The van der Waals surface area contributed by atoms with Gasteiger partial charge < -0.3 is 10.4 Å². The van der Waals surface area contributed by atoms with E-state index in [4.69, 9.17) is 0 Å². The van der Waals surface area contributed by atoms with Crippen molar-refractivity contribution in [3.05, 3.63) is 0 Å². The first-order valence-corrected chi connectivity index (χ1v) is 6.71. The van der Waals surface area contributed by atoms with Gasteiger partial charge in [-0.3, -0.25) is 0 Å². The fraction of sp³-hybridized carbons (Fsp3) is 1.00. The summed E-state index contributed by atoms with van der Waals surface area (Å²) in [6.45, 7) is 7.60. The Hall–Kier alpha value is 0.270.